The van der Waals surface area contributed by atoms with E-state index < -0.39 is 0 Å². The largest absolute Gasteiger partial charge is 0.504 e. The highest BCUT2D eigenvalue weighted by atomic mass is 16.7. The number of benzene rings is 1. The molecule has 0 spiro atoms. The molecule has 122 valence electrons. The summed E-state index contributed by atoms with van der Waals surface area (Å²) in [5.41, 5.74) is 0.839. The standard InChI is InChI=1S/C17H24O5/c1-3-5-6-7-9-12(18)13-11(8-4-2)14(19)15(20)17-16(13)21-10-22-17/h19-20H,3-10H2,1-2H3. The van der Waals surface area contributed by atoms with Crippen molar-refractivity contribution in [1.29, 1.82) is 0 Å². The SMILES string of the molecule is CCCCCCC(=O)c1c(CCC)c(O)c(O)c2c1OCO2. The van der Waals surface area contributed by atoms with Gasteiger partial charge in [-0.15, -0.1) is 0 Å². The molecule has 0 aliphatic carbocycles. The van der Waals surface area contributed by atoms with Gasteiger partial charge in [0.25, 0.3) is 0 Å². The number of phenolic OH excluding ortho intramolecular Hbond substituents is 2. The predicted molar refractivity (Wildman–Crippen MR) is 83.0 cm³/mol. The summed E-state index contributed by atoms with van der Waals surface area (Å²) in [5.74, 6) is -0.299. The molecule has 22 heavy (non-hydrogen) atoms. The first kappa shape index (κ1) is 16.5. The van der Waals surface area contributed by atoms with Crippen molar-refractivity contribution < 1.29 is 24.5 Å². The maximum absolute atomic E-state index is 12.6. The van der Waals surface area contributed by atoms with Gasteiger partial charge in [0, 0.05) is 12.0 Å². The molecule has 5 nitrogen and oxygen atoms in total. The van der Waals surface area contributed by atoms with Crippen molar-refractivity contribution in [3.63, 3.8) is 0 Å². The van der Waals surface area contributed by atoms with E-state index >= 15 is 0 Å². The van der Waals surface area contributed by atoms with Crippen molar-refractivity contribution >= 4 is 5.78 Å². The highest BCUT2D eigenvalue weighted by Crippen LogP contribution is 2.51. The van der Waals surface area contributed by atoms with Crippen LogP contribution in [0.1, 0.15) is 68.3 Å². The average Bonchev–Trinajstić information content (AvgIpc) is 2.98. The Hall–Kier alpha value is -1.91. The minimum absolute atomic E-state index is 0.0476. The van der Waals surface area contributed by atoms with E-state index in [9.17, 15) is 15.0 Å². The van der Waals surface area contributed by atoms with Crippen molar-refractivity contribution in [3.05, 3.63) is 11.1 Å². The summed E-state index contributed by atoms with van der Waals surface area (Å²) in [4.78, 5) is 12.6. The molecule has 5 heteroatoms. The van der Waals surface area contributed by atoms with Crippen LogP contribution in [-0.2, 0) is 6.42 Å². The number of Topliss-reactive ketones (excluding diaryl/α,β-unsaturated/α-hetero) is 1. The molecule has 0 saturated carbocycles. The molecule has 1 aromatic rings. The molecule has 0 bridgehead atoms. The molecule has 1 aliphatic heterocycles. The van der Waals surface area contributed by atoms with E-state index in [4.69, 9.17) is 9.47 Å². The van der Waals surface area contributed by atoms with Gasteiger partial charge in [0.1, 0.15) is 0 Å². The van der Waals surface area contributed by atoms with E-state index in [0.29, 0.717) is 24.0 Å². The van der Waals surface area contributed by atoms with E-state index in [0.717, 1.165) is 32.1 Å². The lowest BCUT2D eigenvalue weighted by molar-refractivity contribution is 0.0973. The lowest BCUT2D eigenvalue weighted by Crippen LogP contribution is -2.07. The number of rotatable bonds is 8. The van der Waals surface area contributed by atoms with Crippen molar-refractivity contribution in [2.45, 2.75) is 58.8 Å². The number of hydrogen-bond acceptors (Lipinski definition) is 5. The van der Waals surface area contributed by atoms with Gasteiger partial charge in [-0.25, -0.2) is 0 Å². The molecule has 0 atom stereocenters. The summed E-state index contributed by atoms with van der Waals surface area (Å²) in [7, 11) is 0. The zero-order valence-electron chi connectivity index (χ0n) is 13.3. The van der Waals surface area contributed by atoms with E-state index in [1.807, 2.05) is 6.92 Å². The van der Waals surface area contributed by atoms with Crippen LogP contribution < -0.4 is 9.47 Å². The first-order valence-electron chi connectivity index (χ1n) is 8.01. The number of ether oxygens (including phenoxy) is 2. The van der Waals surface area contributed by atoms with E-state index in [1.165, 1.54) is 0 Å². The number of aromatic hydroxyl groups is 2. The Kier molecular flexibility index (Phi) is 5.52. The quantitative estimate of drug-likeness (QED) is 0.432. The molecule has 0 fully saturated rings. The average molecular weight is 308 g/mol. The lowest BCUT2D eigenvalue weighted by Gasteiger charge is -2.14. The van der Waals surface area contributed by atoms with Gasteiger partial charge in [-0.3, -0.25) is 4.79 Å². The maximum atomic E-state index is 12.6. The molecule has 2 rings (SSSR count). The lowest BCUT2D eigenvalue weighted by atomic mass is 9.94. The maximum Gasteiger partial charge on any atom is 0.231 e. The first-order chi connectivity index (χ1) is 10.6. The second-order valence-corrected chi connectivity index (χ2v) is 5.60. The molecule has 1 aromatic carbocycles. The van der Waals surface area contributed by atoms with Gasteiger partial charge in [-0.05, 0) is 12.8 Å². The van der Waals surface area contributed by atoms with Crippen LogP contribution in [0.5, 0.6) is 23.0 Å². The van der Waals surface area contributed by atoms with Crippen LogP contribution in [0, 0.1) is 0 Å². The monoisotopic (exact) mass is 308 g/mol. The summed E-state index contributed by atoms with van der Waals surface area (Å²) >= 11 is 0. The third-order valence-electron chi connectivity index (χ3n) is 3.90. The number of ketones is 1. The van der Waals surface area contributed by atoms with E-state index in [1.54, 1.807) is 0 Å². The summed E-state index contributed by atoms with van der Waals surface area (Å²) < 4.78 is 10.6. The number of carbonyl (C=O) groups excluding carboxylic acids is 1. The third kappa shape index (κ3) is 3.13. The fourth-order valence-electron chi connectivity index (χ4n) is 2.77. The molecule has 0 aromatic heterocycles. The number of phenols is 2. The molecule has 2 N–H and O–H groups in total. The molecular formula is C17H24O5. The number of fused-ring (bicyclic) bond motifs is 1. The highest BCUT2D eigenvalue weighted by Gasteiger charge is 2.32. The molecule has 0 amide bonds. The van der Waals surface area contributed by atoms with Crippen LogP contribution in [0.2, 0.25) is 0 Å². The second kappa shape index (κ2) is 7.38. The number of carbonyl (C=O) groups is 1. The second-order valence-electron chi connectivity index (χ2n) is 5.60. The topological polar surface area (TPSA) is 76.0 Å². The van der Waals surface area contributed by atoms with Gasteiger partial charge >= 0.3 is 0 Å². The number of hydrogen-bond donors (Lipinski definition) is 2. The van der Waals surface area contributed by atoms with Gasteiger partial charge in [0.15, 0.2) is 17.3 Å². The Morgan fingerprint density at radius 1 is 1.00 bits per heavy atom. The Labute approximate surface area is 130 Å². The third-order valence-corrected chi connectivity index (χ3v) is 3.90. The van der Waals surface area contributed by atoms with Crippen molar-refractivity contribution in [2.75, 3.05) is 6.79 Å². The van der Waals surface area contributed by atoms with Crippen LogP contribution in [-0.4, -0.2) is 22.8 Å². The molecule has 1 aliphatic rings. The predicted octanol–water partition coefficient (Wildman–Crippen LogP) is 3.93. The van der Waals surface area contributed by atoms with Crippen LogP contribution in [0.3, 0.4) is 0 Å². The minimum atomic E-state index is -0.335. The van der Waals surface area contributed by atoms with Gasteiger partial charge < -0.3 is 19.7 Å². The zero-order chi connectivity index (χ0) is 16.1. The molecule has 1 heterocycles. The summed E-state index contributed by atoms with van der Waals surface area (Å²) in [6.07, 6.45) is 5.71. The summed E-state index contributed by atoms with van der Waals surface area (Å²) in [6.45, 7) is 4.03. The summed E-state index contributed by atoms with van der Waals surface area (Å²) in [6, 6.07) is 0. The fourth-order valence-corrected chi connectivity index (χ4v) is 2.77. The van der Waals surface area contributed by atoms with Gasteiger partial charge in [-0.1, -0.05) is 39.5 Å². The Morgan fingerprint density at radius 3 is 2.41 bits per heavy atom. The van der Waals surface area contributed by atoms with E-state index in [2.05, 4.69) is 6.92 Å². The van der Waals surface area contributed by atoms with Gasteiger partial charge in [-0.2, -0.15) is 0 Å². The van der Waals surface area contributed by atoms with Crippen LogP contribution in [0.4, 0.5) is 0 Å². The van der Waals surface area contributed by atoms with Crippen molar-refractivity contribution in [1.82, 2.24) is 0 Å². The van der Waals surface area contributed by atoms with Crippen LogP contribution >= 0.6 is 0 Å². The first-order valence-corrected chi connectivity index (χ1v) is 8.01. The van der Waals surface area contributed by atoms with Crippen molar-refractivity contribution in [3.8, 4) is 23.0 Å². The summed E-state index contributed by atoms with van der Waals surface area (Å²) in [5, 5.41) is 20.2. The number of unbranched alkanes of at least 4 members (excludes halogenated alkanes) is 3. The van der Waals surface area contributed by atoms with E-state index in [-0.39, 0.29) is 35.6 Å². The molecule has 0 saturated heterocycles. The normalized spacial score (nSPS) is 12.6. The molecule has 0 unspecified atom stereocenters. The smallest absolute Gasteiger partial charge is 0.231 e. The fraction of sp³-hybridized carbons (Fsp3) is 0.588. The Bertz CT molecular complexity index is 551. The van der Waals surface area contributed by atoms with Crippen LogP contribution in [0.25, 0.3) is 0 Å². The minimum Gasteiger partial charge on any atom is -0.504 e. The Morgan fingerprint density at radius 2 is 1.73 bits per heavy atom. The molecule has 0 radical (unpaired) electrons. The highest BCUT2D eigenvalue weighted by molar-refractivity contribution is 6.02. The zero-order valence-corrected chi connectivity index (χ0v) is 13.3. The molecular weight excluding hydrogens is 284 g/mol. The van der Waals surface area contributed by atoms with Crippen LogP contribution in [0.15, 0.2) is 0 Å². The van der Waals surface area contributed by atoms with Gasteiger partial charge in [0.05, 0.1) is 5.56 Å². The Balaban J connectivity index is 2.34. The van der Waals surface area contributed by atoms with Crippen molar-refractivity contribution in [2.24, 2.45) is 0 Å². The van der Waals surface area contributed by atoms with Gasteiger partial charge in [0.2, 0.25) is 18.3 Å².